The van der Waals surface area contributed by atoms with Crippen molar-refractivity contribution in [2.75, 3.05) is 13.2 Å². The smallest absolute Gasteiger partial charge is 0.320 e. The Labute approximate surface area is 298 Å². The average molecular weight is 709 g/mol. The fourth-order valence-corrected chi connectivity index (χ4v) is 16.3. The lowest BCUT2D eigenvalue weighted by Crippen LogP contribution is -2.70. The summed E-state index contributed by atoms with van der Waals surface area (Å²) < 4.78 is 32.3. The number of ether oxygens (including phenoxy) is 5. The molecule has 5 saturated carbocycles. The van der Waals surface area contributed by atoms with Crippen LogP contribution in [-0.4, -0.2) is 82.7 Å². The van der Waals surface area contributed by atoms with Gasteiger partial charge in [0, 0.05) is 34.5 Å². The summed E-state index contributed by atoms with van der Waals surface area (Å²) in [6.07, 6.45) is 2.53. The van der Waals surface area contributed by atoms with Gasteiger partial charge in [0.2, 0.25) is 0 Å². The summed E-state index contributed by atoms with van der Waals surface area (Å²) in [5.74, 6) is -2.54. The van der Waals surface area contributed by atoms with Gasteiger partial charge >= 0.3 is 11.9 Å². The van der Waals surface area contributed by atoms with Crippen molar-refractivity contribution in [3.8, 4) is 0 Å². The number of rotatable bonds is 0. The van der Waals surface area contributed by atoms with Gasteiger partial charge in [-0.2, -0.15) is 0 Å². The summed E-state index contributed by atoms with van der Waals surface area (Å²) in [6, 6.07) is 0. The van der Waals surface area contributed by atoms with Crippen LogP contribution in [-0.2, 0) is 38.1 Å². The molecule has 4 saturated heterocycles. The second kappa shape index (κ2) is 9.42. The third kappa shape index (κ3) is 3.27. The largest absolute Gasteiger partial charge is 0.482 e. The quantitative estimate of drug-likeness (QED) is 0.250. The Morgan fingerprint density at radius 1 is 0.686 bits per heavy atom. The van der Waals surface area contributed by atoms with Crippen LogP contribution in [0.2, 0.25) is 0 Å². The van der Waals surface area contributed by atoms with Crippen molar-refractivity contribution in [2.45, 2.75) is 135 Å². The first-order valence-electron chi connectivity index (χ1n) is 19.8. The predicted molar refractivity (Wildman–Crippen MR) is 175 cm³/mol. The highest BCUT2D eigenvalue weighted by atomic mass is 16.6. The van der Waals surface area contributed by atoms with Gasteiger partial charge in [-0.3, -0.25) is 14.4 Å². The zero-order chi connectivity index (χ0) is 35.5. The van der Waals surface area contributed by atoms with E-state index in [1.165, 1.54) is 0 Å². The Kier molecular flexibility index (Phi) is 5.98. The molecule has 0 amide bonds. The first kappa shape index (κ1) is 32.4. The van der Waals surface area contributed by atoms with Gasteiger partial charge in [0.25, 0.3) is 0 Å². The number of hydrogen-bond acceptors (Lipinski definition) is 11. The molecular formula is C40H52O11. The maximum atomic E-state index is 15.6. The third-order valence-corrected chi connectivity index (χ3v) is 17.8. The predicted octanol–water partition coefficient (Wildman–Crippen LogP) is 3.56. The molecule has 9 fully saturated rings. The SMILES string of the molecule is CC1(C)CC[C@@H]2OC(=O)[C@@]34CC(CC[C@H]3C23CO[C@@H](O)[C@H]13)[C@@]1(CCC2=C(O1)C13C[C@H]2C[C@H](O)C1[C@@]12CO[C@@H](O)[C@@H]1C(C)(C)CC[C@@H]2OC3=O)C4=O. The van der Waals surface area contributed by atoms with Gasteiger partial charge in [-0.1, -0.05) is 27.7 Å². The van der Waals surface area contributed by atoms with Crippen LogP contribution < -0.4 is 0 Å². The Hall–Kier alpha value is -2.05. The van der Waals surface area contributed by atoms with Crippen LogP contribution in [0.1, 0.15) is 98.3 Å². The maximum Gasteiger partial charge on any atom is 0.320 e. The van der Waals surface area contributed by atoms with Gasteiger partial charge in [-0.05, 0) is 98.9 Å². The molecule has 51 heavy (non-hydrogen) atoms. The number of hydrogen-bond donors (Lipinski definition) is 3. The molecule has 11 rings (SSSR count). The molecule has 5 heterocycles. The molecule has 278 valence electrons. The van der Waals surface area contributed by atoms with Crippen molar-refractivity contribution in [3.63, 3.8) is 0 Å². The number of Topliss-reactive ketones (excluding diaryl/α,β-unsaturated/α-hetero) is 1. The highest BCUT2D eigenvalue weighted by Gasteiger charge is 2.84. The van der Waals surface area contributed by atoms with Gasteiger partial charge in [-0.25, -0.2) is 0 Å². The zero-order valence-corrected chi connectivity index (χ0v) is 30.2. The van der Waals surface area contributed by atoms with Gasteiger partial charge in [0.1, 0.15) is 28.8 Å². The molecule has 4 bridgehead atoms. The summed E-state index contributed by atoms with van der Waals surface area (Å²) in [4.78, 5) is 44.8. The first-order chi connectivity index (χ1) is 24.1. The molecule has 3 N–H and O–H groups in total. The topological polar surface area (TPSA) is 158 Å². The molecule has 0 aromatic carbocycles. The molecule has 0 aromatic rings. The molecule has 11 nitrogen and oxygen atoms in total. The molecular weight excluding hydrogens is 656 g/mol. The third-order valence-electron chi connectivity index (χ3n) is 17.8. The Morgan fingerprint density at radius 3 is 1.98 bits per heavy atom. The maximum absolute atomic E-state index is 15.6. The standard InChI is InChI=1S/C40H52O11/c1-34(2)10-8-23-38(16-47-29(42)26(34)38)22-6-5-19-15-36(22,32(45)49-23)31(44)40(19)12-7-20-18-13-21(41)25-37(14-18,28(20)51-40)33(46)50-24-9-11-35(3,4)27-30(43)48-17-39(24,25)27/h18-19,21-27,29-30,41-43H,5-17H2,1-4H3/t18-,19?,21+,22-,23+,24+,25?,26-,27-,29-,30-,36+,37?,38?,39+,40+/m1/s1. The summed E-state index contributed by atoms with van der Waals surface area (Å²) in [5.41, 5.74) is -5.14. The van der Waals surface area contributed by atoms with Crippen molar-refractivity contribution in [1.82, 2.24) is 0 Å². The minimum Gasteiger partial charge on any atom is -0.482 e. The Bertz CT molecular complexity index is 1700. The monoisotopic (exact) mass is 708 g/mol. The summed E-state index contributed by atoms with van der Waals surface area (Å²) in [6.45, 7) is 8.99. The number of aliphatic hydroxyl groups excluding tert-OH is 3. The van der Waals surface area contributed by atoms with Crippen LogP contribution in [0.5, 0.6) is 0 Å². The Balaban J connectivity index is 1.03. The molecule has 0 radical (unpaired) electrons. The van der Waals surface area contributed by atoms with E-state index in [1.807, 2.05) is 0 Å². The van der Waals surface area contributed by atoms with E-state index < -0.39 is 76.0 Å². The fourth-order valence-electron chi connectivity index (χ4n) is 16.3. The lowest BCUT2D eigenvalue weighted by molar-refractivity contribution is -0.258. The molecule has 11 heteroatoms. The van der Waals surface area contributed by atoms with E-state index in [2.05, 4.69) is 27.7 Å². The van der Waals surface area contributed by atoms with E-state index in [1.54, 1.807) is 0 Å². The molecule has 4 unspecified atom stereocenters. The van der Waals surface area contributed by atoms with Gasteiger partial charge < -0.3 is 39.0 Å². The van der Waals surface area contributed by atoms with Crippen LogP contribution in [0.25, 0.3) is 0 Å². The van der Waals surface area contributed by atoms with Crippen LogP contribution in [0.4, 0.5) is 0 Å². The van der Waals surface area contributed by atoms with E-state index in [0.717, 1.165) is 18.4 Å². The summed E-state index contributed by atoms with van der Waals surface area (Å²) in [7, 11) is 0. The molecule has 5 spiro atoms. The van der Waals surface area contributed by atoms with Gasteiger partial charge in [-0.15, -0.1) is 0 Å². The Morgan fingerprint density at radius 2 is 1.29 bits per heavy atom. The van der Waals surface area contributed by atoms with Crippen molar-refractivity contribution >= 4 is 17.7 Å². The zero-order valence-electron chi connectivity index (χ0n) is 30.2. The lowest BCUT2D eigenvalue weighted by Gasteiger charge is -2.63. The number of carbonyl (C=O) groups excluding carboxylic acids is 3. The van der Waals surface area contributed by atoms with E-state index in [0.29, 0.717) is 63.5 Å². The van der Waals surface area contributed by atoms with E-state index in [4.69, 9.17) is 23.7 Å². The van der Waals surface area contributed by atoms with Crippen LogP contribution in [0.15, 0.2) is 11.3 Å². The number of ketones is 1. The second-order valence-corrected chi connectivity index (χ2v) is 20.3. The van der Waals surface area contributed by atoms with E-state index in [9.17, 15) is 24.9 Å². The molecule has 0 aromatic heterocycles. The molecule has 5 aliphatic heterocycles. The highest BCUT2D eigenvalue weighted by molar-refractivity contribution is 6.11. The minimum absolute atomic E-state index is 0.0881. The van der Waals surface area contributed by atoms with Crippen molar-refractivity contribution < 1.29 is 53.4 Å². The van der Waals surface area contributed by atoms with Crippen LogP contribution >= 0.6 is 0 Å². The number of aliphatic hydroxyl groups is 3. The fraction of sp³-hybridized carbons (Fsp3) is 0.875. The van der Waals surface area contributed by atoms with Crippen molar-refractivity contribution in [3.05, 3.63) is 11.3 Å². The number of carbonyl (C=O) groups is 3. The van der Waals surface area contributed by atoms with Crippen molar-refractivity contribution in [1.29, 1.82) is 0 Å². The molecule has 16 atom stereocenters. The number of allylic oxidation sites excluding steroid dienone is 1. The normalized spacial score (nSPS) is 57.9. The van der Waals surface area contributed by atoms with Crippen LogP contribution in [0, 0.1) is 68.0 Å². The van der Waals surface area contributed by atoms with Gasteiger partial charge in [0.05, 0.1) is 19.3 Å². The number of fused-ring (bicyclic) bond motifs is 4. The van der Waals surface area contributed by atoms with Crippen molar-refractivity contribution in [2.24, 2.45) is 68.0 Å². The summed E-state index contributed by atoms with van der Waals surface area (Å²) >= 11 is 0. The molecule has 11 aliphatic rings. The highest BCUT2D eigenvalue weighted by Crippen LogP contribution is 2.77. The van der Waals surface area contributed by atoms with Gasteiger partial charge in [0.15, 0.2) is 24.0 Å². The van der Waals surface area contributed by atoms with E-state index >= 15 is 4.79 Å². The lowest BCUT2D eigenvalue weighted by atomic mass is 9.43. The van der Waals surface area contributed by atoms with E-state index in [-0.39, 0.29) is 59.4 Å². The summed E-state index contributed by atoms with van der Waals surface area (Å²) in [5, 5.41) is 34.9. The van der Waals surface area contributed by atoms with Crippen LogP contribution in [0.3, 0.4) is 0 Å². The second-order valence-electron chi connectivity index (χ2n) is 20.3. The first-order valence-corrected chi connectivity index (χ1v) is 19.8. The minimum atomic E-state index is -1.42. The molecule has 6 aliphatic carbocycles. The average Bonchev–Trinajstić information content (AvgIpc) is 3.75. The number of esters is 2.